The maximum Gasteiger partial charge on any atom is 0.262 e. The van der Waals surface area contributed by atoms with Gasteiger partial charge in [-0.3, -0.25) is 9.48 Å². The van der Waals surface area contributed by atoms with Crippen LogP contribution in [0, 0.1) is 11.3 Å². The van der Waals surface area contributed by atoms with E-state index in [4.69, 9.17) is 9.47 Å². The molecule has 10 nitrogen and oxygen atoms in total. The first-order valence-corrected chi connectivity index (χ1v) is 11.2. The van der Waals surface area contributed by atoms with Gasteiger partial charge in [-0.15, -0.1) is 0 Å². The summed E-state index contributed by atoms with van der Waals surface area (Å²) in [6.07, 6.45) is 7.98. The van der Waals surface area contributed by atoms with Gasteiger partial charge in [0, 0.05) is 47.2 Å². The lowest BCUT2D eigenvalue weighted by molar-refractivity contribution is -0.117. The Morgan fingerprint density at radius 1 is 1.25 bits per heavy atom. The number of amides is 1. The highest BCUT2D eigenvalue weighted by atomic mass is 16.5. The van der Waals surface area contributed by atoms with E-state index in [1.807, 2.05) is 24.4 Å². The van der Waals surface area contributed by atoms with E-state index >= 15 is 0 Å². The molecule has 0 saturated carbocycles. The topological polar surface area (TPSA) is 138 Å². The van der Waals surface area contributed by atoms with Crippen LogP contribution in [0.1, 0.15) is 18.1 Å². The summed E-state index contributed by atoms with van der Waals surface area (Å²) in [6.45, 7) is 2.30. The van der Waals surface area contributed by atoms with Crippen molar-refractivity contribution in [3.05, 3.63) is 65.8 Å². The van der Waals surface area contributed by atoms with Gasteiger partial charge in [-0.05, 0) is 36.8 Å². The van der Waals surface area contributed by atoms with Crippen molar-refractivity contribution in [2.75, 3.05) is 14.2 Å². The Hall–Kier alpha value is -4.62. The van der Waals surface area contributed by atoms with Gasteiger partial charge in [0.25, 0.3) is 5.91 Å². The number of aliphatic hydroxyl groups excluding tert-OH is 1. The Balaban J connectivity index is 1.54. The number of aromatic nitrogens is 4. The normalized spacial score (nSPS) is 12.2. The third kappa shape index (κ3) is 5.37. The van der Waals surface area contributed by atoms with Crippen LogP contribution in [0.15, 0.2) is 54.6 Å². The van der Waals surface area contributed by atoms with Crippen LogP contribution in [-0.2, 0) is 17.9 Å². The zero-order valence-corrected chi connectivity index (χ0v) is 20.1. The number of hydrogen-bond acceptors (Lipinski definition) is 7. The summed E-state index contributed by atoms with van der Waals surface area (Å²) >= 11 is 0. The third-order valence-electron chi connectivity index (χ3n) is 5.55. The average molecular weight is 487 g/mol. The summed E-state index contributed by atoms with van der Waals surface area (Å²) in [5.74, 6) is 0.650. The number of hydrogen-bond donors (Lipinski definition) is 3. The second-order valence-electron chi connectivity index (χ2n) is 8.21. The minimum Gasteiger partial charge on any atom is -0.493 e. The maximum absolute atomic E-state index is 12.8. The number of aromatic amines is 1. The molecule has 0 fully saturated rings. The predicted octanol–water partition coefficient (Wildman–Crippen LogP) is 3.05. The predicted molar refractivity (Wildman–Crippen MR) is 134 cm³/mol. The van der Waals surface area contributed by atoms with Crippen molar-refractivity contribution < 1.29 is 19.4 Å². The number of aliphatic hydroxyl groups is 1. The van der Waals surface area contributed by atoms with E-state index in [-0.39, 0.29) is 12.1 Å². The fraction of sp³-hybridized carbons (Fsp3) is 0.231. The highest BCUT2D eigenvalue weighted by molar-refractivity contribution is 6.03. The number of fused-ring (bicyclic) bond motifs is 1. The smallest absolute Gasteiger partial charge is 0.262 e. The van der Waals surface area contributed by atoms with E-state index in [2.05, 4.69) is 20.4 Å². The molecule has 1 atom stereocenters. The third-order valence-corrected chi connectivity index (χ3v) is 5.55. The number of carbonyl (C=O) groups is 1. The van der Waals surface area contributed by atoms with Gasteiger partial charge in [0.2, 0.25) is 0 Å². The van der Waals surface area contributed by atoms with Gasteiger partial charge in [-0.1, -0.05) is 6.07 Å². The molecule has 10 heteroatoms. The first-order chi connectivity index (χ1) is 17.4. The zero-order valence-electron chi connectivity index (χ0n) is 20.1. The number of ether oxygens (including phenoxy) is 2. The van der Waals surface area contributed by atoms with Gasteiger partial charge in [-0.25, -0.2) is 4.98 Å². The molecule has 1 amide bonds. The lowest BCUT2D eigenvalue weighted by Crippen LogP contribution is -2.24. The van der Waals surface area contributed by atoms with Crippen LogP contribution in [0.4, 0.5) is 0 Å². The second-order valence-corrected chi connectivity index (χ2v) is 8.21. The van der Waals surface area contributed by atoms with Crippen LogP contribution in [-0.4, -0.2) is 51.1 Å². The molecule has 0 bridgehead atoms. The number of H-pyrrole nitrogens is 1. The Labute approximate surface area is 207 Å². The Bertz CT molecular complexity index is 1460. The van der Waals surface area contributed by atoms with Gasteiger partial charge in [0.15, 0.2) is 11.5 Å². The second kappa shape index (κ2) is 10.8. The quantitative estimate of drug-likeness (QED) is 0.244. The number of rotatable bonds is 9. The molecule has 0 saturated heterocycles. The number of nitrogens with one attached hydrogen (secondary N) is 2. The SMILES string of the molecule is COc1ccc(CNC(=O)/C(C#N)=C/c2c[nH]c3ncc(-c4cnn(CC(C)O)c4)cc23)cc1OC. The number of pyridine rings is 1. The highest BCUT2D eigenvalue weighted by Crippen LogP contribution is 2.28. The Morgan fingerprint density at radius 3 is 2.78 bits per heavy atom. The molecule has 0 spiro atoms. The van der Waals surface area contributed by atoms with Gasteiger partial charge in [-0.2, -0.15) is 10.4 Å². The number of nitriles is 1. The number of methoxy groups -OCH3 is 2. The van der Waals surface area contributed by atoms with Crippen molar-refractivity contribution in [1.82, 2.24) is 25.1 Å². The van der Waals surface area contributed by atoms with E-state index in [0.29, 0.717) is 29.3 Å². The summed E-state index contributed by atoms with van der Waals surface area (Å²) < 4.78 is 12.2. The molecule has 0 aliphatic carbocycles. The molecule has 184 valence electrons. The molecule has 0 radical (unpaired) electrons. The number of benzene rings is 1. The fourth-order valence-electron chi connectivity index (χ4n) is 3.76. The van der Waals surface area contributed by atoms with Gasteiger partial charge in [0.1, 0.15) is 17.3 Å². The Kier molecular flexibility index (Phi) is 7.32. The molecule has 0 aliphatic heterocycles. The van der Waals surface area contributed by atoms with Crippen molar-refractivity contribution in [3.8, 4) is 28.7 Å². The summed E-state index contributed by atoms with van der Waals surface area (Å²) in [7, 11) is 3.09. The number of carbonyl (C=O) groups excluding carboxylic acids is 1. The molecule has 1 unspecified atom stereocenters. The largest absolute Gasteiger partial charge is 0.493 e. The van der Waals surface area contributed by atoms with Crippen LogP contribution in [0.2, 0.25) is 0 Å². The van der Waals surface area contributed by atoms with Crippen molar-refractivity contribution in [2.24, 2.45) is 0 Å². The number of nitrogens with zero attached hydrogens (tertiary/aromatic N) is 4. The molecule has 1 aromatic carbocycles. The highest BCUT2D eigenvalue weighted by Gasteiger charge is 2.13. The average Bonchev–Trinajstić information content (AvgIpc) is 3.51. The van der Waals surface area contributed by atoms with E-state index < -0.39 is 12.0 Å². The van der Waals surface area contributed by atoms with Crippen molar-refractivity contribution in [2.45, 2.75) is 26.1 Å². The van der Waals surface area contributed by atoms with Gasteiger partial charge in [0.05, 0.1) is 33.1 Å². The Morgan fingerprint density at radius 2 is 2.06 bits per heavy atom. The standard InChI is InChI=1S/C26H26N6O4/c1-16(33)14-32-15-21(13-31-32)19-8-22-20(12-29-25(22)28-11-19)7-18(9-27)26(34)30-10-17-4-5-23(35-2)24(6-17)36-3/h4-8,11-13,15-16,33H,10,14H2,1-3H3,(H,28,29)(H,30,34)/b18-7+. The van der Waals surface area contributed by atoms with E-state index in [1.54, 1.807) is 56.5 Å². The fourth-order valence-corrected chi connectivity index (χ4v) is 3.76. The van der Waals surface area contributed by atoms with Crippen LogP contribution in [0.25, 0.3) is 28.2 Å². The monoisotopic (exact) mass is 486 g/mol. The lowest BCUT2D eigenvalue weighted by atomic mass is 10.1. The molecule has 3 heterocycles. The molecule has 3 aromatic heterocycles. The van der Waals surface area contributed by atoms with Gasteiger partial charge >= 0.3 is 0 Å². The summed E-state index contributed by atoms with van der Waals surface area (Å²) in [4.78, 5) is 20.3. The van der Waals surface area contributed by atoms with Crippen LogP contribution < -0.4 is 14.8 Å². The molecule has 4 rings (SSSR count). The molecule has 3 N–H and O–H groups in total. The van der Waals surface area contributed by atoms with E-state index in [0.717, 1.165) is 22.1 Å². The minimum absolute atomic E-state index is 0.0356. The molecule has 36 heavy (non-hydrogen) atoms. The lowest BCUT2D eigenvalue weighted by Gasteiger charge is -2.10. The van der Waals surface area contributed by atoms with Crippen LogP contribution in [0.3, 0.4) is 0 Å². The van der Waals surface area contributed by atoms with Crippen molar-refractivity contribution in [3.63, 3.8) is 0 Å². The first-order valence-electron chi connectivity index (χ1n) is 11.2. The minimum atomic E-state index is -0.512. The van der Waals surface area contributed by atoms with Crippen LogP contribution in [0.5, 0.6) is 11.5 Å². The maximum atomic E-state index is 12.8. The van der Waals surface area contributed by atoms with Crippen LogP contribution >= 0.6 is 0 Å². The molecular weight excluding hydrogens is 460 g/mol. The summed E-state index contributed by atoms with van der Waals surface area (Å²) in [5.41, 5.74) is 3.72. The summed E-state index contributed by atoms with van der Waals surface area (Å²) in [5, 5.41) is 27.0. The molecule has 4 aromatic rings. The molecule has 0 aliphatic rings. The zero-order chi connectivity index (χ0) is 25.7. The molecular formula is C26H26N6O4. The van der Waals surface area contributed by atoms with Gasteiger partial charge < -0.3 is 24.9 Å². The van der Waals surface area contributed by atoms with E-state index in [9.17, 15) is 15.2 Å². The van der Waals surface area contributed by atoms with E-state index in [1.165, 1.54) is 6.08 Å². The first kappa shape index (κ1) is 24.5. The summed E-state index contributed by atoms with van der Waals surface area (Å²) in [6, 6.07) is 9.24. The van der Waals surface area contributed by atoms with Crippen molar-refractivity contribution in [1.29, 1.82) is 5.26 Å². The van der Waals surface area contributed by atoms with Crippen molar-refractivity contribution >= 4 is 23.0 Å².